The summed E-state index contributed by atoms with van der Waals surface area (Å²) < 4.78 is 22.8. The summed E-state index contributed by atoms with van der Waals surface area (Å²) in [5.41, 5.74) is 0.861. The summed E-state index contributed by atoms with van der Waals surface area (Å²) in [5, 5.41) is 3.19. The van der Waals surface area contributed by atoms with Gasteiger partial charge in [0.05, 0.1) is 10.6 Å². The molecule has 8 heteroatoms. The number of carbonyl (C=O) groups is 1. The lowest BCUT2D eigenvalue weighted by Gasteiger charge is -2.08. The molecule has 1 amide bonds. The van der Waals surface area contributed by atoms with Gasteiger partial charge < -0.3 is 5.32 Å². The average Bonchev–Trinajstić information content (AvgIpc) is 2.40. The number of amides is 1. The second kappa shape index (κ2) is 6.36. The van der Waals surface area contributed by atoms with Gasteiger partial charge in [-0.1, -0.05) is 11.6 Å². The predicted molar refractivity (Wildman–Crippen MR) is 86.6 cm³/mol. The van der Waals surface area contributed by atoms with Crippen LogP contribution < -0.4 is 5.32 Å². The van der Waals surface area contributed by atoms with Crippen LogP contribution >= 0.6 is 38.2 Å². The first-order chi connectivity index (χ1) is 9.77. The van der Waals surface area contributed by atoms with Crippen LogP contribution in [0.2, 0.25) is 5.02 Å². The maximum Gasteiger partial charge on any atom is 0.261 e. The van der Waals surface area contributed by atoms with Crippen LogP contribution in [0.25, 0.3) is 0 Å². The highest BCUT2D eigenvalue weighted by atomic mass is 79.9. The number of benzene rings is 2. The van der Waals surface area contributed by atoms with Crippen LogP contribution in [0.15, 0.2) is 51.8 Å². The Bertz CT molecular complexity index is 792. The lowest BCUT2D eigenvalue weighted by molar-refractivity contribution is 0.102. The summed E-state index contributed by atoms with van der Waals surface area (Å²) >= 11 is 8.95. The Hall–Kier alpha value is -1.08. The summed E-state index contributed by atoms with van der Waals surface area (Å²) in [4.78, 5) is 12.0. The second-order valence-corrected chi connectivity index (χ2v) is 7.90. The van der Waals surface area contributed by atoms with Crippen LogP contribution in [-0.2, 0) is 9.05 Å². The molecule has 0 aliphatic heterocycles. The molecule has 0 atom stereocenters. The average molecular weight is 409 g/mol. The number of hydrogen-bond acceptors (Lipinski definition) is 3. The first kappa shape index (κ1) is 16.3. The number of nitrogens with one attached hydrogen (secondary N) is 1. The molecule has 4 nitrogen and oxygen atoms in total. The van der Waals surface area contributed by atoms with Crippen molar-refractivity contribution in [2.75, 3.05) is 5.32 Å². The van der Waals surface area contributed by atoms with Gasteiger partial charge in [0.15, 0.2) is 0 Å². The molecule has 21 heavy (non-hydrogen) atoms. The Labute approximate surface area is 139 Å². The van der Waals surface area contributed by atoms with Gasteiger partial charge in [0, 0.05) is 25.7 Å². The minimum absolute atomic E-state index is 0.0551. The van der Waals surface area contributed by atoms with Crippen LogP contribution in [0.4, 0.5) is 5.69 Å². The fourth-order valence-corrected chi connectivity index (χ4v) is 3.08. The van der Waals surface area contributed by atoms with E-state index in [1.165, 1.54) is 18.2 Å². The van der Waals surface area contributed by atoms with Crippen molar-refractivity contribution in [3.05, 3.63) is 57.5 Å². The van der Waals surface area contributed by atoms with Gasteiger partial charge in [-0.05, 0) is 58.4 Å². The number of hydrogen-bond donors (Lipinski definition) is 1. The van der Waals surface area contributed by atoms with Gasteiger partial charge >= 0.3 is 0 Å². The van der Waals surface area contributed by atoms with E-state index >= 15 is 0 Å². The minimum Gasteiger partial charge on any atom is -0.321 e. The van der Waals surface area contributed by atoms with Gasteiger partial charge in [-0.15, -0.1) is 0 Å². The Morgan fingerprint density at radius 1 is 1.10 bits per heavy atom. The molecule has 2 aromatic rings. The van der Waals surface area contributed by atoms with E-state index in [9.17, 15) is 13.2 Å². The monoisotopic (exact) mass is 407 g/mol. The van der Waals surface area contributed by atoms with E-state index in [0.29, 0.717) is 20.7 Å². The second-order valence-electron chi connectivity index (χ2n) is 4.04. The molecule has 0 fully saturated rings. The Kier molecular flexibility index (Phi) is 4.93. The van der Waals surface area contributed by atoms with Crippen molar-refractivity contribution in [1.82, 2.24) is 0 Å². The van der Waals surface area contributed by atoms with Crippen molar-refractivity contribution in [2.24, 2.45) is 0 Å². The van der Waals surface area contributed by atoms with Gasteiger partial charge in [-0.3, -0.25) is 4.79 Å². The maximum absolute atomic E-state index is 12.0. The standard InChI is InChI=1S/C13H8BrCl2NO3S/c14-11-7-10(21(16,19)20)5-6-12(11)17-13(18)8-1-3-9(15)4-2-8/h1-7H,(H,17,18). The zero-order chi connectivity index (χ0) is 15.6. The Morgan fingerprint density at radius 3 is 2.24 bits per heavy atom. The SMILES string of the molecule is O=C(Nc1ccc(S(=O)(=O)Cl)cc1Br)c1ccc(Cl)cc1. The van der Waals surface area contributed by atoms with Crippen molar-refractivity contribution in [2.45, 2.75) is 4.90 Å². The summed E-state index contributed by atoms with van der Waals surface area (Å²) in [5.74, 6) is -0.339. The number of anilines is 1. The lowest BCUT2D eigenvalue weighted by Crippen LogP contribution is -2.12. The van der Waals surface area contributed by atoms with Gasteiger partial charge in [0.1, 0.15) is 0 Å². The molecule has 1 N–H and O–H groups in total. The van der Waals surface area contributed by atoms with E-state index in [-0.39, 0.29) is 10.8 Å². The normalized spacial score (nSPS) is 11.2. The molecule has 0 heterocycles. The van der Waals surface area contributed by atoms with Crippen molar-refractivity contribution >= 4 is 58.9 Å². The number of halogens is 3. The molecule has 0 aliphatic rings. The summed E-state index contributed by atoms with van der Waals surface area (Å²) in [6, 6.07) is 10.5. The summed E-state index contributed by atoms with van der Waals surface area (Å²) in [6.45, 7) is 0. The lowest BCUT2D eigenvalue weighted by atomic mass is 10.2. The van der Waals surface area contributed by atoms with E-state index in [2.05, 4.69) is 21.2 Å². The van der Waals surface area contributed by atoms with E-state index in [0.717, 1.165) is 0 Å². The molecule has 0 saturated carbocycles. The summed E-state index contributed by atoms with van der Waals surface area (Å²) in [7, 11) is 1.44. The van der Waals surface area contributed by atoms with E-state index < -0.39 is 9.05 Å². The fraction of sp³-hybridized carbons (Fsp3) is 0. The zero-order valence-electron chi connectivity index (χ0n) is 10.3. The van der Waals surface area contributed by atoms with Crippen LogP contribution in [0.1, 0.15) is 10.4 Å². The molecule has 0 saturated heterocycles. The first-order valence-electron chi connectivity index (χ1n) is 5.58. The quantitative estimate of drug-likeness (QED) is 0.770. The van der Waals surface area contributed by atoms with Gasteiger partial charge in [-0.25, -0.2) is 8.42 Å². The van der Waals surface area contributed by atoms with E-state index in [4.69, 9.17) is 22.3 Å². The molecule has 0 aliphatic carbocycles. The third-order valence-corrected chi connectivity index (χ3v) is 4.84. The maximum atomic E-state index is 12.0. The van der Waals surface area contributed by atoms with Crippen LogP contribution in [0.3, 0.4) is 0 Å². The molecule has 0 unspecified atom stereocenters. The van der Waals surface area contributed by atoms with Crippen molar-refractivity contribution in [3.63, 3.8) is 0 Å². The van der Waals surface area contributed by atoms with Crippen molar-refractivity contribution in [3.8, 4) is 0 Å². The summed E-state index contributed by atoms with van der Waals surface area (Å²) in [6.07, 6.45) is 0. The molecular formula is C13H8BrCl2NO3S. The third kappa shape index (κ3) is 4.20. The third-order valence-electron chi connectivity index (χ3n) is 2.58. The number of rotatable bonds is 3. The topological polar surface area (TPSA) is 63.2 Å². The molecule has 2 rings (SSSR count). The van der Waals surface area contributed by atoms with Crippen LogP contribution in [-0.4, -0.2) is 14.3 Å². The van der Waals surface area contributed by atoms with Crippen LogP contribution in [0, 0.1) is 0 Å². The van der Waals surface area contributed by atoms with Gasteiger partial charge in [0.2, 0.25) is 0 Å². The minimum atomic E-state index is -3.81. The molecule has 110 valence electrons. The first-order valence-corrected chi connectivity index (χ1v) is 9.06. The highest BCUT2D eigenvalue weighted by molar-refractivity contribution is 9.10. The van der Waals surface area contributed by atoms with E-state index in [1.54, 1.807) is 24.3 Å². The Morgan fingerprint density at radius 2 is 1.71 bits per heavy atom. The van der Waals surface area contributed by atoms with Crippen molar-refractivity contribution < 1.29 is 13.2 Å². The highest BCUT2D eigenvalue weighted by Gasteiger charge is 2.14. The van der Waals surface area contributed by atoms with E-state index in [1.807, 2.05) is 0 Å². The predicted octanol–water partition coefficient (Wildman–Crippen LogP) is 4.28. The van der Waals surface area contributed by atoms with Gasteiger partial charge in [0.25, 0.3) is 15.0 Å². The van der Waals surface area contributed by atoms with Crippen LogP contribution in [0.5, 0.6) is 0 Å². The fourth-order valence-electron chi connectivity index (χ4n) is 1.54. The highest BCUT2D eigenvalue weighted by Crippen LogP contribution is 2.27. The molecule has 0 spiro atoms. The number of carbonyl (C=O) groups excluding carboxylic acids is 1. The molecular weight excluding hydrogens is 401 g/mol. The molecule has 0 aromatic heterocycles. The largest absolute Gasteiger partial charge is 0.321 e. The zero-order valence-corrected chi connectivity index (χ0v) is 14.2. The van der Waals surface area contributed by atoms with Gasteiger partial charge in [-0.2, -0.15) is 0 Å². The molecule has 2 aromatic carbocycles. The smallest absolute Gasteiger partial charge is 0.261 e. The Balaban J connectivity index is 2.24. The van der Waals surface area contributed by atoms with Crippen molar-refractivity contribution in [1.29, 1.82) is 0 Å². The molecule has 0 bridgehead atoms. The molecule has 0 radical (unpaired) electrons.